The third-order valence-electron chi connectivity index (χ3n) is 10.9. The van der Waals surface area contributed by atoms with Gasteiger partial charge in [-0.15, -0.1) is 11.8 Å². The van der Waals surface area contributed by atoms with E-state index in [0.29, 0.717) is 26.2 Å². The Morgan fingerprint density at radius 3 is 2.22 bits per heavy atom. The van der Waals surface area contributed by atoms with Gasteiger partial charge in [-0.3, -0.25) is 9.59 Å². The highest BCUT2D eigenvalue weighted by molar-refractivity contribution is 8.01. The molecule has 0 saturated carbocycles. The third-order valence-corrected chi connectivity index (χ3v) is 12.4. The third kappa shape index (κ3) is 8.01. The second-order valence-corrected chi connectivity index (χ2v) is 16.8. The minimum atomic E-state index is -0.418. The molecule has 10 heteroatoms. The van der Waals surface area contributed by atoms with Crippen LogP contribution in [0.5, 0.6) is 0 Å². The molecule has 51 heavy (non-hydrogen) atoms. The van der Waals surface area contributed by atoms with Crippen molar-refractivity contribution >= 4 is 46.7 Å². The number of hydrogen-bond acceptors (Lipinski definition) is 6. The van der Waals surface area contributed by atoms with Gasteiger partial charge in [0.05, 0.1) is 5.25 Å². The Labute approximate surface area is 307 Å². The Balaban J connectivity index is 1.01. The van der Waals surface area contributed by atoms with E-state index in [9.17, 15) is 14.4 Å². The number of fused-ring (bicyclic) bond motifs is 1. The van der Waals surface area contributed by atoms with E-state index in [-0.39, 0.29) is 41.1 Å². The van der Waals surface area contributed by atoms with Crippen LogP contribution in [-0.2, 0) is 16.0 Å². The van der Waals surface area contributed by atoms with E-state index in [1.807, 2.05) is 28.0 Å². The molecule has 0 radical (unpaired) electrons. The van der Waals surface area contributed by atoms with Crippen molar-refractivity contribution < 1.29 is 14.4 Å². The summed E-state index contributed by atoms with van der Waals surface area (Å²) in [7, 11) is 0. The monoisotopic (exact) mass is 708 g/mol. The second kappa shape index (κ2) is 15.2. The molecule has 1 N–H and O–H groups in total. The van der Waals surface area contributed by atoms with Crippen molar-refractivity contribution in [3.05, 3.63) is 90.0 Å². The molecule has 4 aliphatic rings. The number of amides is 4. The summed E-state index contributed by atoms with van der Waals surface area (Å²) < 4.78 is 0. The predicted molar refractivity (Wildman–Crippen MR) is 207 cm³/mol. The molecule has 270 valence electrons. The number of nitrogens with zero attached hydrogens (tertiary/aromatic N) is 5. The van der Waals surface area contributed by atoms with Crippen LogP contribution < -0.4 is 15.1 Å². The number of urea groups is 1. The molecule has 4 heterocycles. The van der Waals surface area contributed by atoms with Crippen molar-refractivity contribution in [1.82, 2.24) is 14.7 Å². The summed E-state index contributed by atoms with van der Waals surface area (Å²) in [6, 6.07) is 27.2. The maximum Gasteiger partial charge on any atom is 0.322 e. The first kappa shape index (κ1) is 35.2. The van der Waals surface area contributed by atoms with Gasteiger partial charge >= 0.3 is 6.03 Å². The first-order chi connectivity index (χ1) is 24.6. The Hall–Kier alpha value is -4.18. The molecule has 0 aromatic heterocycles. The van der Waals surface area contributed by atoms with Gasteiger partial charge in [0.25, 0.3) is 0 Å². The number of para-hydroxylation sites is 3. The zero-order chi connectivity index (χ0) is 35.5. The predicted octanol–water partition coefficient (Wildman–Crippen LogP) is 6.86. The fourth-order valence-corrected chi connectivity index (χ4v) is 9.43. The molecule has 9 nitrogen and oxygen atoms in total. The van der Waals surface area contributed by atoms with Crippen molar-refractivity contribution in [2.45, 2.75) is 69.5 Å². The van der Waals surface area contributed by atoms with Gasteiger partial charge in [-0.25, -0.2) is 4.79 Å². The van der Waals surface area contributed by atoms with Gasteiger partial charge < -0.3 is 29.8 Å². The lowest BCUT2D eigenvalue weighted by Crippen LogP contribution is -2.50. The van der Waals surface area contributed by atoms with Gasteiger partial charge in [-0.2, -0.15) is 0 Å². The van der Waals surface area contributed by atoms with Crippen LogP contribution in [0.15, 0.2) is 78.9 Å². The lowest BCUT2D eigenvalue weighted by Gasteiger charge is -2.39. The summed E-state index contributed by atoms with van der Waals surface area (Å²) in [6.07, 6.45) is 3.39. The number of hydrogen-bond donors (Lipinski definition) is 1. The minimum Gasteiger partial charge on any atom is -0.368 e. The number of thioether (sulfide) groups is 1. The molecule has 3 aromatic carbocycles. The summed E-state index contributed by atoms with van der Waals surface area (Å²) in [4.78, 5) is 52.0. The van der Waals surface area contributed by atoms with Crippen molar-refractivity contribution in [2.75, 3.05) is 67.5 Å². The Bertz CT molecular complexity index is 1700. The molecule has 4 aliphatic heterocycles. The molecule has 3 aromatic rings. The summed E-state index contributed by atoms with van der Waals surface area (Å²) in [6.45, 7) is 12.9. The van der Waals surface area contributed by atoms with Crippen LogP contribution in [0, 0.1) is 5.41 Å². The van der Waals surface area contributed by atoms with Crippen LogP contribution in [0.3, 0.4) is 0 Å². The fraction of sp³-hybridized carbons (Fsp3) is 0.488. The molecule has 0 bridgehead atoms. The maximum absolute atomic E-state index is 14.2. The molecule has 2 unspecified atom stereocenters. The van der Waals surface area contributed by atoms with E-state index in [0.717, 1.165) is 68.7 Å². The molecular weight excluding hydrogens is 657 g/mol. The van der Waals surface area contributed by atoms with Gasteiger partial charge in [0, 0.05) is 87.4 Å². The Kier molecular flexibility index (Phi) is 10.5. The molecule has 0 spiro atoms. The molecule has 3 fully saturated rings. The van der Waals surface area contributed by atoms with Crippen LogP contribution in [0.1, 0.15) is 63.0 Å². The van der Waals surface area contributed by atoms with Gasteiger partial charge in [0.2, 0.25) is 11.8 Å². The van der Waals surface area contributed by atoms with Gasteiger partial charge in [-0.05, 0) is 60.9 Å². The quantitative estimate of drug-likeness (QED) is 0.276. The fourth-order valence-electron chi connectivity index (χ4n) is 7.93. The average Bonchev–Trinajstić information content (AvgIpc) is 3.34. The number of piperazine rings is 1. The standard InChI is InChI=1S/C41H52N6O3S/c1-41(2,3)20-24-47-38(49)36(29-37(48)45-21-18-32(19-22-45)46-23-17-30-11-7-9-15-34(30)42-40(46)50)51-39(47)33-14-8-10-16-35(33)44-27-25-43(26-28-44)31-12-5-4-6-13-31/h4-16,32,36,39H,17-29H2,1-3H3,(H,42,50). The van der Waals surface area contributed by atoms with E-state index in [4.69, 9.17) is 0 Å². The van der Waals surface area contributed by atoms with Crippen molar-refractivity contribution in [3.63, 3.8) is 0 Å². The number of carbonyl (C=O) groups excluding carboxylic acids is 3. The number of anilines is 3. The summed E-state index contributed by atoms with van der Waals surface area (Å²) >= 11 is 1.65. The summed E-state index contributed by atoms with van der Waals surface area (Å²) in [5, 5.41) is 2.53. The number of benzene rings is 3. The number of likely N-dealkylation sites (tertiary alicyclic amines) is 1. The highest BCUT2D eigenvalue weighted by Gasteiger charge is 2.44. The number of piperidine rings is 1. The number of rotatable bonds is 8. The molecule has 4 amide bonds. The number of carbonyl (C=O) groups is 3. The normalized spacial score (nSPS) is 21.8. The molecule has 0 aliphatic carbocycles. The lowest BCUT2D eigenvalue weighted by atomic mass is 9.92. The topological polar surface area (TPSA) is 79.4 Å². The Morgan fingerprint density at radius 2 is 1.47 bits per heavy atom. The summed E-state index contributed by atoms with van der Waals surface area (Å²) in [5.74, 6) is 0.107. The summed E-state index contributed by atoms with van der Waals surface area (Å²) in [5.41, 5.74) is 5.72. The van der Waals surface area contributed by atoms with E-state index in [1.54, 1.807) is 11.8 Å². The van der Waals surface area contributed by atoms with Crippen LogP contribution in [0.4, 0.5) is 21.9 Å². The Morgan fingerprint density at radius 1 is 0.804 bits per heavy atom. The van der Waals surface area contributed by atoms with E-state index in [2.05, 4.69) is 101 Å². The van der Waals surface area contributed by atoms with Gasteiger partial charge in [0.15, 0.2) is 0 Å². The SMILES string of the molecule is CC(C)(C)CCN1C(=O)C(CC(=O)N2CCC(N3CCc4ccccc4NC3=O)CC2)SC1c1ccccc1N1CCN(c2ccccc2)CC1. The van der Waals surface area contributed by atoms with E-state index in [1.165, 1.54) is 11.4 Å². The number of nitrogens with one attached hydrogen (secondary N) is 1. The van der Waals surface area contributed by atoms with Crippen molar-refractivity contribution in [2.24, 2.45) is 5.41 Å². The highest BCUT2D eigenvalue weighted by Crippen LogP contribution is 2.48. The zero-order valence-electron chi connectivity index (χ0n) is 30.3. The maximum atomic E-state index is 14.2. The van der Waals surface area contributed by atoms with Crippen molar-refractivity contribution in [1.29, 1.82) is 0 Å². The van der Waals surface area contributed by atoms with Gasteiger partial charge in [0.1, 0.15) is 5.37 Å². The van der Waals surface area contributed by atoms with E-state index >= 15 is 0 Å². The molecule has 2 atom stereocenters. The largest absolute Gasteiger partial charge is 0.368 e. The average molecular weight is 709 g/mol. The minimum absolute atomic E-state index is 0.0359. The van der Waals surface area contributed by atoms with Gasteiger partial charge in [-0.1, -0.05) is 75.4 Å². The molecule has 3 saturated heterocycles. The van der Waals surface area contributed by atoms with Crippen LogP contribution in [0.25, 0.3) is 0 Å². The van der Waals surface area contributed by atoms with Crippen molar-refractivity contribution in [3.8, 4) is 0 Å². The highest BCUT2D eigenvalue weighted by atomic mass is 32.2. The lowest BCUT2D eigenvalue weighted by molar-refractivity contribution is -0.137. The first-order valence-electron chi connectivity index (χ1n) is 18.7. The molecular formula is C41H52N6O3S. The first-order valence-corrected chi connectivity index (χ1v) is 19.6. The molecule has 7 rings (SSSR count). The van der Waals surface area contributed by atoms with Crippen LogP contribution in [0.2, 0.25) is 0 Å². The van der Waals surface area contributed by atoms with Crippen LogP contribution in [-0.4, -0.2) is 96.2 Å². The smallest absolute Gasteiger partial charge is 0.322 e. The van der Waals surface area contributed by atoms with E-state index < -0.39 is 5.25 Å². The van der Waals surface area contributed by atoms with Crippen LogP contribution >= 0.6 is 11.8 Å². The second-order valence-electron chi connectivity index (χ2n) is 15.5. The zero-order valence-corrected chi connectivity index (χ0v) is 31.1.